The Labute approximate surface area is 197 Å². The summed E-state index contributed by atoms with van der Waals surface area (Å²) in [5.74, 6) is 0.0280. The maximum atomic E-state index is 13.2. The Kier molecular flexibility index (Phi) is 9.56. The molecule has 1 atom stereocenters. The van der Waals surface area contributed by atoms with E-state index in [0.29, 0.717) is 23.7 Å². The molecule has 0 aliphatic rings. The fourth-order valence-corrected chi connectivity index (χ4v) is 4.65. The van der Waals surface area contributed by atoms with Crippen molar-refractivity contribution in [2.45, 2.75) is 89.5 Å². The lowest BCUT2D eigenvalue weighted by Gasteiger charge is -2.19. The molecule has 0 radical (unpaired) electrons. The number of nitrogens with zero attached hydrogens (tertiary/aromatic N) is 2. The first-order valence-corrected chi connectivity index (χ1v) is 12.6. The van der Waals surface area contributed by atoms with Crippen LogP contribution in [0.15, 0.2) is 34.2 Å². The minimum Gasteiger partial charge on any atom is -0.355 e. The van der Waals surface area contributed by atoms with Gasteiger partial charge in [-0.1, -0.05) is 83.5 Å². The van der Waals surface area contributed by atoms with Gasteiger partial charge in [-0.25, -0.2) is 4.98 Å². The molecule has 0 spiro atoms. The first-order chi connectivity index (χ1) is 15.1. The van der Waals surface area contributed by atoms with Gasteiger partial charge < -0.3 is 5.32 Å². The molecule has 32 heavy (non-hydrogen) atoms. The number of benzene rings is 1. The zero-order valence-corrected chi connectivity index (χ0v) is 21.6. The van der Waals surface area contributed by atoms with Crippen LogP contribution in [0.5, 0.6) is 0 Å². The molecule has 1 N–H and O–H groups in total. The Morgan fingerprint density at radius 2 is 1.81 bits per heavy atom. The van der Waals surface area contributed by atoms with Crippen LogP contribution in [-0.2, 0) is 23.7 Å². The predicted octanol–water partition coefficient (Wildman–Crippen LogP) is 5.15. The SMILES string of the molecule is CCCCC(Sc1nc(C)c(Cc2ccc(C(C)(C)C)cc2)c(=O)n1C)C(=O)NCCC. The number of thioether (sulfide) groups is 1. The molecule has 2 rings (SSSR count). The highest BCUT2D eigenvalue weighted by atomic mass is 32.2. The van der Waals surface area contributed by atoms with Crippen LogP contribution in [0.1, 0.15) is 82.7 Å². The molecule has 1 unspecified atom stereocenters. The number of carbonyl (C=O) groups excluding carboxylic acids is 1. The Morgan fingerprint density at radius 3 is 2.38 bits per heavy atom. The molecule has 0 fully saturated rings. The van der Waals surface area contributed by atoms with E-state index in [4.69, 9.17) is 4.98 Å². The van der Waals surface area contributed by atoms with Gasteiger partial charge in [-0.3, -0.25) is 14.2 Å². The maximum absolute atomic E-state index is 13.2. The second-order valence-electron chi connectivity index (χ2n) is 9.49. The summed E-state index contributed by atoms with van der Waals surface area (Å²) >= 11 is 1.40. The second-order valence-corrected chi connectivity index (χ2v) is 10.7. The van der Waals surface area contributed by atoms with Crippen molar-refractivity contribution in [1.29, 1.82) is 0 Å². The van der Waals surface area contributed by atoms with Crippen molar-refractivity contribution in [3.8, 4) is 0 Å². The van der Waals surface area contributed by atoms with Crippen LogP contribution in [0.25, 0.3) is 0 Å². The van der Waals surface area contributed by atoms with E-state index in [1.807, 2.05) is 13.8 Å². The van der Waals surface area contributed by atoms with Crippen LogP contribution in [0.3, 0.4) is 0 Å². The number of carbonyl (C=O) groups is 1. The Balaban J connectivity index is 2.27. The van der Waals surface area contributed by atoms with Gasteiger partial charge in [-0.2, -0.15) is 0 Å². The maximum Gasteiger partial charge on any atom is 0.257 e. The van der Waals surface area contributed by atoms with E-state index in [1.165, 1.54) is 17.3 Å². The lowest BCUT2D eigenvalue weighted by Crippen LogP contribution is -2.34. The zero-order chi connectivity index (χ0) is 23.9. The van der Waals surface area contributed by atoms with Crippen LogP contribution in [0.4, 0.5) is 0 Å². The van der Waals surface area contributed by atoms with Gasteiger partial charge in [-0.15, -0.1) is 0 Å². The van der Waals surface area contributed by atoms with E-state index < -0.39 is 0 Å². The molecular formula is C26H39N3O2S. The van der Waals surface area contributed by atoms with Crippen molar-refractivity contribution in [2.24, 2.45) is 7.05 Å². The molecule has 0 bridgehead atoms. The third-order valence-electron chi connectivity index (χ3n) is 5.66. The largest absolute Gasteiger partial charge is 0.355 e. The quantitative estimate of drug-likeness (QED) is 0.396. The van der Waals surface area contributed by atoms with Crippen molar-refractivity contribution < 1.29 is 4.79 Å². The van der Waals surface area contributed by atoms with Gasteiger partial charge in [0.2, 0.25) is 5.91 Å². The van der Waals surface area contributed by atoms with Gasteiger partial charge in [0.1, 0.15) is 0 Å². The number of aromatic nitrogens is 2. The van der Waals surface area contributed by atoms with Crippen LogP contribution in [0, 0.1) is 6.92 Å². The molecule has 1 aromatic carbocycles. The normalized spacial score (nSPS) is 12.6. The molecule has 1 aromatic heterocycles. The number of aryl methyl sites for hydroxylation is 1. The van der Waals surface area contributed by atoms with E-state index in [2.05, 4.69) is 57.3 Å². The summed E-state index contributed by atoms with van der Waals surface area (Å²) in [6.45, 7) is 13.3. The highest BCUT2D eigenvalue weighted by Gasteiger charge is 2.23. The monoisotopic (exact) mass is 457 g/mol. The third kappa shape index (κ3) is 6.96. The highest BCUT2D eigenvalue weighted by molar-refractivity contribution is 8.00. The van der Waals surface area contributed by atoms with Crippen molar-refractivity contribution >= 4 is 17.7 Å². The van der Waals surface area contributed by atoms with Crippen LogP contribution in [-0.4, -0.2) is 27.3 Å². The first kappa shape index (κ1) is 26.2. The molecule has 0 aliphatic carbocycles. The Hall–Kier alpha value is -2.08. The number of rotatable bonds is 10. The molecule has 176 valence electrons. The van der Waals surface area contributed by atoms with E-state index in [-0.39, 0.29) is 22.1 Å². The minimum absolute atomic E-state index is 0.0280. The lowest BCUT2D eigenvalue weighted by atomic mass is 9.86. The van der Waals surface area contributed by atoms with Gasteiger partial charge in [0.15, 0.2) is 5.16 Å². The van der Waals surface area contributed by atoms with Crippen molar-refractivity contribution in [2.75, 3.05) is 6.54 Å². The molecule has 6 heteroatoms. The fraction of sp³-hybridized carbons (Fsp3) is 0.577. The molecule has 0 saturated heterocycles. The van der Waals surface area contributed by atoms with E-state index >= 15 is 0 Å². The number of hydrogen-bond acceptors (Lipinski definition) is 4. The first-order valence-electron chi connectivity index (χ1n) is 11.7. The van der Waals surface area contributed by atoms with Gasteiger partial charge in [-0.05, 0) is 36.3 Å². The number of nitrogens with one attached hydrogen (secondary N) is 1. The topological polar surface area (TPSA) is 64.0 Å². The van der Waals surface area contributed by atoms with Gasteiger partial charge in [0.25, 0.3) is 5.56 Å². The van der Waals surface area contributed by atoms with Crippen LogP contribution >= 0.6 is 11.8 Å². The summed E-state index contributed by atoms with van der Waals surface area (Å²) < 4.78 is 1.60. The molecule has 0 aliphatic heterocycles. The second kappa shape index (κ2) is 11.7. The zero-order valence-electron chi connectivity index (χ0n) is 20.7. The molecule has 1 heterocycles. The smallest absolute Gasteiger partial charge is 0.257 e. The molecule has 5 nitrogen and oxygen atoms in total. The van der Waals surface area contributed by atoms with Crippen LogP contribution in [0.2, 0.25) is 0 Å². The van der Waals surface area contributed by atoms with E-state index in [9.17, 15) is 9.59 Å². The minimum atomic E-state index is -0.241. The van der Waals surface area contributed by atoms with E-state index in [0.717, 1.165) is 36.9 Å². The standard InChI is InChI=1S/C26H39N3O2S/c1-8-10-11-22(23(30)27-16-9-2)32-25-28-18(3)21(24(31)29(25)7)17-19-12-14-20(15-13-19)26(4,5)6/h12-15,22H,8-11,16-17H2,1-7H3,(H,27,30). The van der Waals surface area contributed by atoms with Crippen molar-refractivity contribution in [3.05, 3.63) is 57.0 Å². The highest BCUT2D eigenvalue weighted by Crippen LogP contribution is 2.26. The van der Waals surface area contributed by atoms with E-state index in [1.54, 1.807) is 11.6 Å². The molecule has 1 amide bonds. The number of unbranched alkanes of at least 4 members (excludes halogenated alkanes) is 1. The van der Waals surface area contributed by atoms with Crippen LogP contribution < -0.4 is 10.9 Å². The molecule has 2 aromatic rings. The summed E-state index contributed by atoms with van der Waals surface area (Å²) in [7, 11) is 1.75. The lowest BCUT2D eigenvalue weighted by molar-refractivity contribution is -0.120. The molecular weight excluding hydrogens is 418 g/mol. The fourth-order valence-electron chi connectivity index (χ4n) is 3.49. The number of hydrogen-bond donors (Lipinski definition) is 1. The van der Waals surface area contributed by atoms with Gasteiger partial charge >= 0.3 is 0 Å². The van der Waals surface area contributed by atoms with Gasteiger partial charge in [0, 0.05) is 31.3 Å². The summed E-state index contributed by atoms with van der Waals surface area (Å²) in [4.78, 5) is 30.6. The summed E-state index contributed by atoms with van der Waals surface area (Å²) in [5.41, 5.74) is 3.88. The van der Waals surface area contributed by atoms with Crippen molar-refractivity contribution in [1.82, 2.24) is 14.9 Å². The predicted molar refractivity (Wildman–Crippen MR) is 135 cm³/mol. The Morgan fingerprint density at radius 1 is 1.16 bits per heavy atom. The van der Waals surface area contributed by atoms with Gasteiger partial charge in [0.05, 0.1) is 5.25 Å². The summed E-state index contributed by atoms with van der Waals surface area (Å²) in [5, 5.41) is 3.36. The third-order valence-corrected chi connectivity index (χ3v) is 6.97. The summed E-state index contributed by atoms with van der Waals surface area (Å²) in [6.07, 6.45) is 4.21. The van der Waals surface area contributed by atoms with Crippen molar-refractivity contribution in [3.63, 3.8) is 0 Å². The Bertz CT molecular complexity index is 959. The average Bonchev–Trinajstić information content (AvgIpc) is 2.75. The average molecular weight is 458 g/mol. The summed E-state index contributed by atoms with van der Waals surface area (Å²) in [6, 6.07) is 8.47. The molecule has 0 saturated carbocycles. The number of amides is 1.